The van der Waals surface area contributed by atoms with E-state index in [1.165, 1.54) is 0 Å². The second-order valence-corrected chi connectivity index (χ2v) is 6.94. The third kappa shape index (κ3) is 4.11. The van der Waals surface area contributed by atoms with Gasteiger partial charge in [0.05, 0.1) is 16.4 Å². The van der Waals surface area contributed by atoms with Crippen LogP contribution in [0.1, 0.15) is 17.3 Å². The zero-order valence-corrected chi connectivity index (χ0v) is 15.8. The van der Waals surface area contributed by atoms with Crippen LogP contribution < -0.4 is 10.2 Å². The number of rotatable bonds is 3. The van der Waals surface area contributed by atoms with Crippen molar-refractivity contribution in [3.63, 3.8) is 0 Å². The Morgan fingerprint density at radius 2 is 1.69 bits per heavy atom. The zero-order chi connectivity index (χ0) is 18.7. The van der Waals surface area contributed by atoms with Crippen molar-refractivity contribution in [2.75, 3.05) is 36.4 Å². The molecule has 0 atom stereocenters. The Balaban J connectivity index is 1.82. The zero-order valence-electron chi connectivity index (χ0n) is 14.3. The van der Waals surface area contributed by atoms with Crippen LogP contribution in [-0.2, 0) is 4.79 Å². The molecule has 2 aromatic rings. The SMILES string of the molecule is CC(=O)N1CCN(c2c(Cl)cccc2NC(=O)c2cccc(Cl)c2)CC1. The molecule has 1 aliphatic heterocycles. The maximum atomic E-state index is 12.6. The van der Waals surface area contributed by atoms with E-state index in [9.17, 15) is 9.59 Å². The first-order valence-corrected chi connectivity index (χ1v) is 9.07. The third-order valence-electron chi connectivity index (χ3n) is 4.36. The topological polar surface area (TPSA) is 52.7 Å². The summed E-state index contributed by atoms with van der Waals surface area (Å²) in [6, 6.07) is 12.2. The van der Waals surface area contributed by atoms with Gasteiger partial charge in [0.1, 0.15) is 0 Å². The van der Waals surface area contributed by atoms with Gasteiger partial charge in [0.15, 0.2) is 0 Å². The molecule has 5 nitrogen and oxygen atoms in total. The highest BCUT2D eigenvalue weighted by molar-refractivity contribution is 6.34. The number of carbonyl (C=O) groups excluding carboxylic acids is 2. The van der Waals surface area contributed by atoms with Crippen LogP contribution >= 0.6 is 23.2 Å². The second kappa shape index (κ2) is 7.98. The molecule has 1 heterocycles. The van der Waals surface area contributed by atoms with Crippen molar-refractivity contribution in [1.29, 1.82) is 0 Å². The fraction of sp³-hybridized carbons (Fsp3) is 0.263. The van der Waals surface area contributed by atoms with Crippen LogP contribution in [0.4, 0.5) is 11.4 Å². The van der Waals surface area contributed by atoms with Crippen molar-refractivity contribution in [3.05, 3.63) is 58.1 Å². The largest absolute Gasteiger partial charge is 0.365 e. The van der Waals surface area contributed by atoms with Gasteiger partial charge in [-0.25, -0.2) is 0 Å². The smallest absolute Gasteiger partial charge is 0.255 e. The minimum atomic E-state index is -0.251. The number of amides is 2. The molecule has 2 aromatic carbocycles. The van der Waals surface area contributed by atoms with Crippen LogP contribution in [-0.4, -0.2) is 42.9 Å². The number of hydrogen-bond acceptors (Lipinski definition) is 3. The van der Waals surface area contributed by atoms with Crippen LogP contribution in [0.5, 0.6) is 0 Å². The van der Waals surface area contributed by atoms with Crippen molar-refractivity contribution >= 4 is 46.4 Å². The number of halogens is 2. The van der Waals surface area contributed by atoms with Gasteiger partial charge in [-0.2, -0.15) is 0 Å². The predicted molar refractivity (Wildman–Crippen MR) is 105 cm³/mol. The number of nitrogens with zero attached hydrogens (tertiary/aromatic N) is 2. The van der Waals surface area contributed by atoms with Crippen molar-refractivity contribution in [3.8, 4) is 0 Å². The molecular weight excluding hydrogens is 373 g/mol. The summed E-state index contributed by atoms with van der Waals surface area (Å²) in [5.74, 6) is -0.184. The maximum Gasteiger partial charge on any atom is 0.255 e. The molecule has 0 radical (unpaired) electrons. The summed E-state index contributed by atoms with van der Waals surface area (Å²) in [7, 11) is 0. The Morgan fingerprint density at radius 3 is 2.35 bits per heavy atom. The Bertz CT molecular complexity index is 833. The monoisotopic (exact) mass is 391 g/mol. The van der Waals surface area contributed by atoms with Gasteiger partial charge in [-0.1, -0.05) is 35.3 Å². The van der Waals surface area contributed by atoms with E-state index in [0.717, 1.165) is 5.69 Å². The number of carbonyl (C=O) groups is 2. The molecule has 2 amide bonds. The van der Waals surface area contributed by atoms with Crippen LogP contribution in [0.3, 0.4) is 0 Å². The van der Waals surface area contributed by atoms with Crippen LogP contribution in [0.15, 0.2) is 42.5 Å². The fourth-order valence-electron chi connectivity index (χ4n) is 3.01. The van der Waals surface area contributed by atoms with Crippen LogP contribution in [0.25, 0.3) is 0 Å². The van der Waals surface area contributed by atoms with E-state index in [2.05, 4.69) is 10.2 Å². The highest BCUT2D eigenvalue weighted by Gasteiger charge is 2.23. The minimum absolute atomic E-state index is 0.0679. The Morgan fingerprint density at radius 1 is 1.00 bits per heavy atom. The van der Waals surface area contributed by atoms with E-state index in [0.29, 0.717) is 47.5 Å². The van der Waals surface area contributed by atoms with E-state index in [1.807, 2.05) is 6.07 Å². The molecule has 1 aliphatic rings. The van der Waals surface area contributed by atoms with Crippen molar-refractivity contribution in [1.82, 2.24) is 4.90 Å². The molecule has 1 fully saturated rings. The summed E-state index contributed by atoms with van der Waals surface area (Å²) >= 11 is 12.4. The van der Waals surface area contributed by atoms with Crippen molar-refractivity contribution in [2.45, 2.75) is 6.92 Å². The Hall–Kier alpha value is -2.24. The number of hydrogen-bond donors (Lipinski definition) is 1. The molecule has 0 bridgehead atoms. The summed E-state index contributed by atoms with van der Waals surface area (Å²) in [4.78, 5) is 28.0. The average molecular weight is 392 g/mol. The standard InChI is InChI=1S/C19H19Cl2N3O2/c1-13(25)23-8-10-24(11-9-23)18-16(21)6-3-7-17(18)22-19(26)14-4-2-5-15(20)12-14/h2-7,12H,8-11H2,1H3,(H,22,26). The van der Waals surface area contributed by atoms with Gasteiger partial charge in [0.25, 0.3) is 5.91 Å². The Kier molecular flexibility index (Phi) is 5.69. The van der Waals surface area contributed by atoms with Crippen LogP contribution in [0.2, 0.25) is 10.0 Å². The summed E-state index contributed by atoms with van der Waals surface area (Å²) in [5.41, 5.74) is 1.89. The number of para-hydroxylation sites is 1. The van der Waals surface area contributed by atoms with E-state index in [1.54, 1.807) is 48.2 Å². The van der Waals surface area contributed by atoms with Gasteiger partial charge in [-0.05, 0) is 30.3 Å². The fourth-order valence-corrected chi connectivity index (χ4v) is 3.49. The maximum absolute atomic E-state index is 12.6. The summed E-state index contributed by atoms with van der Waals surface area (Å²) in [6.07, 6.45) is 0. The van der Waals surface area contributed by atoms with Gasteiger partial charge in [-0.3, -0.25) is 9.59 Å². The Labute approximate surface area is 162 Å². The van der Waals surface area contributed by atoms with Gasteiger partial charge in [0, 0.05) is 43.7 Å². The molecule has 0 unspecified atom stereocenters. The van der Waals surface area contributed by atoms with E-state index in [-0.39, 0.29) is 11.8 Å². The number of anilines is 2. The lowest BCUT2D eigenvalue weighted by molar-refractivity contribution is -0.129. The minimum Gasteiger partial charge on any atom is -0.365 e. The molecule has 0 aromatic heterocycles. The predicted octanol–water partition coefficient (Wildman–Crippen LogP) is 3.91. The van der Waals surface area contributed by atoms with Crippen molar-refractivity contribution < 1.29 is 9.59 Å². The molecule has 0 spiro atoms. The average Bonchev–Trinajstić information content (AvgIpc) is 2.62. The lowest BCUT2D eigenvalue weighted by atomic mass is 10.1. The van der Waals surface area contributed by atoms with Gasteiger partial charge >= 0.3 is 0 Å². The number of nitrogens with one attached hydrogen (secondary N) is 1. The van der Waals surface area contributed by atoms with Crippen LogP contribution in [0, 0.1) is 0 Å². The van der Waals surface area contributed by atoms with E-state index < -0.39 is 0 Å². The quantitative estimate of drug-likeness (QED) is 0.862. The molecule has 7 heteroatoms. The molecule has 3 rings (SSSR count). The third-order valence-corrected chi connectivity index (χ3v) is 4.90. The van der Waals surface area contributed by atoms with Gasteiger partial charge in [0.2, 0.25) is 5.91 Å². The molecule has 1 N–H and O–H groups in total. The molecule has 0 saturated carbocycles. The summed E-state index contributed by atoms with van der Waals surface area (Å²) in [5, 5.41) is 3.99. The van der Waals surface area contributed by atoms with Crippen molar-refractivity contribution in [2.24, 2.45) is 0 Å². The van der Waals surface area contributed by atoms with E-state index >= 15 is 0 Å². The first-order valence-electron chi connectivity index (χ1n) is 8.31. The molecular formula is C19H19Cl2N3O2. The first kappa shape index (κ1) is 18.5. The highest BCUT2D eigenvalue weighted by atomic mass is 35.5. The van der Waals surface area contributed by atoms with E-state index in [4.69, 9.17) is 23.2 Å². The van der Waals surface area contributed by atoms with Gasteiger partial charge in [-0.15, -0.1) is 0 Å². The normalized spacial score (nSPS) is 14.3. The summed E-state index contributed by atoms with van der Waals surface area (Å²) in [6.45, 7) is 4.14. The lowest BCUT2D eigenvalue weighted by Gasteiger charge is -2.37. The molecule has 26 heavy (non-hydrogen) atoms. The lowest BCUT2D eigenvalue weighted by Crippen LogP contribution is -2.48. The number of piperazine rings is 1. The second-order valence-electron chi connectivity index (χ2n) is 6.09. The molecule has 1 saturated heterocycles. The number of benzene rings is 2. The highest BCUT2D eigenvalue weighted by Crippen LogP contribution is 2.35. The molecule has 0 aliphatic carbocycles. The van der Waals surface area contributed by atoms with Gasteiger partial charge < -0.3 is 15.1 Å². The summed E-state index contributed by atoms with van der Waals surface area (Å²) < 4.78 is 0. The first-order chi connectivity index (χ1) is 12.5. The molecule has 136 valence electrons.